The quantitative estimate of drug-likeness (QED) is 0.452. The van der Waals surface area contributed by atoms with Crippen LogP contribution >= 0.6 is 0 Å². The number of allylic oxidation sites excluding steroid dienone is 2. The summed E-state index contributed by atoms with van der Waals surface area (Å²) in [6.45, 7) is 3.58. The third-order valence-electron chi connectivity index (χ3n) is 5.16. The van der Waals surface area contributed by atoms with E-state index in [2.05, 4.69) is 10.6 Å². The van der Waals surface area contributed by atoms with Crippen LogP contribution in [0.1, 0.15) is 30.9 Å². The number of nitro benzene ring substituents is 1. The van der Waals surface area contributed by atoms with E-state index in [4.69, 9.17) is 0 Å². The molecule has 0 aliphatic carbocycles. The summed E-state index contributed by atoms with van der Waals surface area (Å²) in [6.07, 6.45) is 3.68. The van der Waals surface area contributed by atoms with Crippen LogP contribution in [0.2, 0.25) is 0 Å². The van der Waals surface area contributed by atoms with Crippen LogP contribution in [0.4, 0.5) is 5.69 Å². The molecule has 8 heteroatoms. The molecule has 164 valence electrons. The fraction of sp³-hybridized carbons (Fsp3) is 0.167. The van der Waals surface area contributed by atoms with Gasteiger partial charge in [0.1, 0.15) is 0 Å². The summed E-state index contributed by atoms with van der Waals surface area (Å²) >= 11 is 0. The lowest BCUT2D eigenvalue weighted by atomic mass is 9.80. The first-order chi connectivity index (χ1) is 15.3. The third kappa shape index (κ3) is 4.92. The molecule has 0 saturated carbocycles. The number of nitrogens with one attached hydrogen (secondary N) is 2. The Morgan fingerprint density at radius 1 is 1.06 bits per heavy atom. The van der Waals surface area contributed by atoms with E-state index in [-0.39, 0.29) is 23.4 Å². The maximum atomic E-state index is 13.1. The number of rotatable bonds is 7. The molecule has 3 rings (SSSR count). The van der Waals surface area contributed by atoms with Gasteiger partial charge in [0.2, 0.25) is 5.91 Å². The first kappa shape index (κ1) is 22.5. The molecule has 1 unspecified atom stereocenters. The van der Waals surface area contributed by atoms with Gasteiger partial charge in [-0.3, -0.25) is 14.9 Å². The van der Waals surface area contributed by atoms with Crippen molar-refractivity contribution in [2.24, 2.45) is 0 Å². The van der Waals surface area contributed by atoms with Crippen molar-refractivity contribution in [1.82, 2.24) is 10.6 Å². The predicted octanol–water partition coefficient (Wildman–Crippen LogP) is 3.74. The summed E-state index contributed by atoms with van der Waals surface area (Å²) in [4.78, 5) is 35.6. The van der Waals surface area contributed by atoms with Crippen LogP contribution in [0.15, 0.2) is 83.2 Å². The first-order valence-corrected chi connectivity index (χ1v) is 9.95. The molecule has 2 aromatic rings. The summed E-state index contributed by atoms with van der Waals surface area (Å²) in [7, 11) is 0. The van der Waals surface area contributed by atoms with Crippen molar-refractivity contribution in [1.29, 1.82) is 0 Å². The Hall–Kier alpha value is -4.20. The van der Waals surface area contributed by atoms with Crippen LogP contribution in [-0.4, -0.2) is 28.5 Å². The van der Waals surface area contributed by atoms with Gasteiger partial charge in [0.25, 0.3) is 5.69 Å². The number of carbonyl (C=O) groups excluding carboxylic acids is 1. The van der Waals surface area contributed by atoms with Crippen molar-refractivity contribution in [2.75, 3.05) is 6.54 Å². The summed E-state index contributed by atoms with van der Waals surface area (Å²) in [5, 5.41) is 26.6. The van der Waals surface area contributed by atoms with E-state index in [1.54, 1.807) is 19.9 Å². The van der Waals surface area contributed by atoms with Gasteiger partial charge in [0.05, 0.1) is 16.4 Å². The summed E-state index contributed by atoms with van der Waals surface area (Å²) in [6, 6.07) is 15.2. The number of dihydropyridines is 1. The number of aliphatic carboxylic acids is 1. The molecular formula is C24H23N3O5. The number of non-ortho nitro benzene ring substituents is 1. The molecule has 1 aliphatic heterocycles. The molecule has 3 N–H and O–H groups in total. The number of nitro groups is 1. The minimum atomic E-state index is -1.17. The highest BCUT2D eigenvalue weighted by molar-refractivity contribution is 6.01. The molecule has 8 nitrogen and oxygen atoms in total. The van der Waals surface area contributed by atoms with Crippen LogP contribution in [0.25, 0.3) is 6.08 Å². The molecule has 2 aromatic carbocycles. The molecule has 1 amide bonds. The van der Waals surface area contributed by atoms with Gasteiger partial charge in [0.15, 0.2) is 0 Å². The van der Waals surface area contributed by atoms with Gasteiger partial charge in [-0.1, -0.05) is 54.6 Å². The second-order valence-electron chi connectivity index (χ2n) is 7.31. The fourth-order valence-corrected chi connectivity index (χ4v) is 3.71. The standard InChI is InChI=1S/C24H23N3O5/c1-15-20(23(28)25-14-6-9-17-7-4-3-5-8-17)22(21(24(29)30)16(2)26-15)18-10-12-19(13-11-18)27(31)32/h3-13,22,26H,14H2,1-2H3,(H,25,28)(H,29,30). The van der Waals surface area contributed by atoms with Crippen molar-refractivity contribution < 1.29 is 19.6 Å². The minimum Gasteiger partial charge on any atom is -0.478 e. The second-order valence-corrected chi connectivity index (χ2v) is 7.31. The van der Waals surface area contributed by atoms with E-state index < -0.39 is 22.7 Å². The Morgan fingerprint density at radius 2 is 1.69 bits per heavy atom. The van der Waals surface area contributed by atoms with E-state index in [1.807, 2.05) is 36.4 Å². The first-order valence-electron chi connectivity index (χ1n) is 9.95. The molecule has 0 saturated heterocycles. The number of hydrogen-bond donors (Lipinski definition) is 3. The van der Waals surface area contributed by atoms with Crippen LogP contribution in [-0.2, 0) is 9.59 Å². The Bertz CT molecular complexity index is 1130. The molecule has 32 heavy (non-hydrogen) atoms. The molecule has 0 aromatic heterocycles. The van der Waals surface area contributed by atoms with Crippen molar-refractivity contribution in [3.05, 3.63) is 104 Å². The summed E-state index contributed by atoms with van der Waals surface area (Å²) < 4.78 is 0. The van der Waals surface area contributed by atoms with E-state index in [9.17, 15) is 24.8 Å². The molecule has 0 radical (unpaired) electrons. The third-order valence-corrected chi connectivity index (χ3v) is 5.16. The van der Waals surface area contributed by atoms with Crippen molar-refractivity contribution in [2.45, 2.75) is 19.8 Å². The molecule has 0 fully saturated rings. The van der Waals surface area contributed by atoms with E-state index in [0.717, 1.165) is 5.56 Å². The fourth-order valence-electron chi connectivity index (χ4n) is 3.71. The number of carboxylic acids is 1. The monoisotopic (exact) mass is 433 g/mol. The van der Waals surface area contributed by atoms with Crippen LogP contribution in [0.5, 0.6) is 0 Å². The van der Waals surface area contributed by atoms with E-state index in [0.29, 0.717) is 17.0 Å². The topological polar surface area (TPSA) is 122 Å². The normalized spacial score (nSPS) is 16.1. The maximum Gasteiger partial charge on any atom is 0.334 e. The molecule has 1 aliphatic rings. The smallest absolute Gasteiger partial charge is 0.334 e. The number of carbonyl (C=O) groups is 2. The molecule has 1 heterocycles. The van der Waals surface area contributed by atoms with Gasteiger partial charge in [-0.2, -0.15) is 0 Å². The average Bonchev–Trinajstić information content (AvgIpc) is 2.76. The Morgan fingerprint density at radius 3 is 2.28 bits per heavy atom. The number of carboxylic acid groups (broad SMARTS) is 1. The largest absolute Gasteiger partial charge is 0.478 e. The van der Waals surface area contributed by atoms with Crippen molar-refractivity contribution >= 4 is 23.6 Å². The maximum absolute atomic E-state index is 13.1. The zero-order valence-corrected chi connectivity index (χ0v) is 17.7. The Labute approximate surface area is 185 Å². The van der Waals surface area contributed by atoms with Crippen molar-refractivity contribution in [3.63, 3.8) is 0 Å². The Balaban J connectivity index is 1.89. The summed E-state index contributed by atoms with van der Waals surface area (Å²) in [5.74, 6) is -2.45. The van der Waals surface area contributed by atoms with Gasteiger partial charge in [-0.15, -0.1) is 0 Å². The van der Waals surface area contributed by atoms with Crippen molar-refractivity contribution in [3.8, 4) is 0 Å². The lowest BCUT2D eigenvalue weighted by Crippen LogP contribution is -2.36. The van der Waals surface area contributed by atoms with Gasteiger partial charge in [-0.25, -0.2) is 4.79 Å². The highest BCUT2D eigenvalue weighted by Crippen LogP contribution is 2.38. The molecule has 1 atom stereocenters. The average molecular weight is 433 g/mol. The number of benzene rings is 2. The van der Waals surface area contributed by atoms with E-state index >= 15 is 0 Å². The van der Waals surface area contributed by atoms with Crippen LogP contribution in [0, 0.1) is 10.1 Å². The predicted molar refractivity (Wildman–Crippen MR) is 120 cm³/mol. The molecular weight excluding hydrogens is 410 g/mol. The van der Waals surface area contributed by atoms with Gasteiger partial charge in [0, 0.05) is 35.6 Å². The lowest BCUT2D eigenvalue weighted by molar-refractivity contribution is -0.384. The number of amides is 1. The summed E-state index contributed by atoms with van der Waals surface area (Å²) in [5.41, 5.74) is 2.59. The van der Waals surface area contributed by atoms with Crippen LogP contribution in [0.3, 0.4) is 0 Å². The number of hydrogen-bond acceptors (Lipinski definition) is 5. The molecule has 0 spiro atoms. The van der Waals surface area contributed by atoms with Crippen LogP contribution < -0.4 is 10.6 Å². The number of nitrogens with zero attached hydrogens (tertiary/aromatic N) is 1. The van der Waals surface area contributed by atoms with Gasteiger partial charge >= 0.3 is 5.97 Å². The molecule has 0 bridgehead atoms. The SMILES string of the molecule is CC1=C(C(=O)O)C(c2ccc([N+](=O)[O-])cc2)C(C(=O)NCC=Cc2ccccc2)=C(C)N1. The highest BCUT2D eigenvalue weighted by atomic mass is 16.6. The van der Waals surface area contributed by atoms with Gasteiger partial charge < -0.3 is 15.7 Å². The Kier molecular flexibility index (Phi) is 6.84. The second kappa shape index (κ2) is 9.74. The highest BCUT2D eigenvalue weighted by Gasteiger charge is 2.36. The van der Waals surface area contributed by atoms with Gasteiger partial charge in [-0.05, 0) is 25.0 Å². The van der Waals surface area contributed by atoms with E-state index in [1.165, 1.54) is 24.3 Å². The zero-order chi connectivity index (χ0) is 23.3. The minimum absolute atomic E-state index is 0.0226. The zero-order valence-electron chi connectivity index (χ0n) is 17.7. The lowest BCUT2D eigenvalue weighted by Gasteiger charge is -2.30.